The number of rotatable bonds is 1. The maximum Gasteiger partial charge on any atom is 0.343 e. The van der Waals surface area contributed by atoms with Crippen LogP contribution in [0.25, 0.3) is 10.9 Å². The summed E-state index contributed by atoms with van der Waals surface area (Å²) >= 11 is 3.01. The predicted molar refractivity (Wildman–Crippen MR) is 63.6 cm³/mol. The van der Waals surface area contributed by atoms with E-state index in [1.807, 2.05) is 0 Å². The van der Waals surface area contributed by atoms with Crippen molar-refractivity contribution in [1.29, 1.82) is 0 Å². The molecule has 88 valence electrons. The molecule has 0 fully saturated rings. The van der Waals surface area contributed by atoms with E-state index < -0.39 is 17.3 Å². The van der Waals surface area contributed by atoms with Gasteiger partial charge in [-0.25, -0.2) is 9.18 Å². The predicted octanol–water partition coefficient (Wildman–Crippen LogP) is 2.22. The molecule has 17 heavy (non-hydrogen) atoms. The number of hydrogen-bond donors (Lipinski definition) is 1. The Labute approximate surface area is 104 Å². The molecule has 2 aromatic rings. The molecule has 1 heterocycles. The Morgan fingerprint density at radius 1 is 1.41 bits per heavy atom. The molecular weight excluding hydrogens is 293 g/mol. The first kappa shape index (κ1) is 11.8. The molecule has 4 nitrogen and oxygen atoms in total. The van der Waals surface area contributed by atoms with E-state index in [4.69, 9.17) is 0 Å². The molecule has 0 spiro atoms. The Hall–Kier alpha value is -1.69. The van der Waals surface area contributed by atoms with E-state index >= 15 is 0 Å². The first-order valence-corrected chi connectivity index (χ1v) is 5.42. The molecule has 0 aliphatic heterocycles. The SMILES string of the molecule is COC(=O)c1cc2cc(F)c(Br)cc2[nH]c1=O. The minimum absolute atomic E-state index is 0.151. The third-order valence-corrected chi connectivity index (χ3v) is 2.90. The van der Waals surface area contributed by atoms with E-state index in [1.54, 1.807) is 0 Å². The normalized spacial score (nSPS) is 10.5. The van der Waals surface area contributed by atoms with Gasteiger partial charge in [0, 0.05) is 10.9 Å². The Balaban J connectivity index is 2.76. The van der Waals surface area contributed by atoms with Crippen LogP contribution in [0.5, 0.6) is 0 Å². The average molecular weight is 300 g/mol. The quantitative estimate of drug-likeness (QED) is 0.822. The monoisotopic (exact) mass is 299 g/mol. The topological polar surface area (TPSA) is 59.2 Å². The minimum Gasteiger partial charge on any atom is -0.465 e. The van der Waals surface area contributed by atoms with E-state index in [2.05, 4.69) is 25.7 Å². The second-order valence-electron chi connectivity index (χ2n) is 3.36. The van der Waals surface area contributed by atoms with Crippen LogP contribution in [0, 0.1) is 5.82 Å². The maximum absolute atomic E-state index is 13.3. The Morgan fingerprint density at radius 2 is 2.12 bits per heavy atom. The molecule has 0 bridgehead atoms. The smallest absolute Gasteiger partial charge is 0.343 e. The minimum atomic E-state index is -0.753. The molecule has 0 radical (unpaired) electrons. The first-order chi connectivity index (χ1) is 8.02. The van der Waals surface area contributed by atoms with Crippen LogP contribution in [0.2, 0.25) is 0 Å². The second kappa shape index (κ2) is 4.29. The lowest BCUT2D eigenvalue weighted by molar-refractivity contribution is 0.0599. The highest BCUT2D eigenvalue weighted by atomic mass is 79.9. The van der Waals surface area contributed by atoms with E-state index in [9.17, 15) is 14.0 Å². The third kappa shape index (κ3) is 2.08. The van der Waals surface area contributed by atoms with Crippen LogP contribution in [0.15, 0.2) is 27.5 Å². The summed E-state index contributed by atoms with van der Waals surface area (Å²) in [6.45, 7) is 0. The largest absolute Gasteiger partial charge is 0.465 e. The number of benzene rings is 1. The molecule has 0 amide bonds. The highest BCUT2D eigenvalue weighted by Gasteiger charge is 2.13. The molecule has 2 rings (SSSR count). The highest BCUT2D eigenvalue weighted by molar-refractivity contribution is 9.10. The molecule has 1 aromatic carbocycles. The van der Waals surface area contributed by atoms with Gasteiger partial charge in [0.2, 0.25) is 0 Å². The number of aromatic nitrogens is 1. The van der Waals surface area contributed by atoms with Crippen LogP contribution in [-0.2, 0) is 4.74 Å². The lowest BCUT2D eigenvalue weighted by Gasteiger charge is -2.03. The van der Waals surface area contributed by atoms with Gasteiger partial charge in [0.15, 0.2) is 0 Å². The molecule has 6 heteroatoms. The molecule has 1 aromatic heterocycles. The zero-order chi connectivity index (χ0) is 12.6. The van der Waals surface area contributed by atoms with E-state index in [0.717, 1.165) is 0 Å². The molecule has 0 aliphatic rings. The van der Waals surface area contributed by atoms with Crippen molar-refractivity contribution in [2.75, 3.05) is 7.11 Å². The fourth-order valence-electron chi connectivity index (χ4n) is 1.46. The van der Waals surface area contributed by atoms with Crippen molar-refractivity contribution in [3.63, 3.8) is 0 Å². The average Bonchev–Trinajstić information content (AvgIpc) is 2.30. The Morgan fingerprint density at radius 3 is 2.76 bits per heavy atom. The number of esters is 1. The molecule has 0 saturated heterocycles. The number of aromatic amines is 1. The van der Waals surface area contributed by atoms with Gasteiger partial charge in [0.1, 0.15) is 11.4 Å². The van der Waals surface area contributed by atoms with E-state index in [0.29, 0.717) is 10.9 Å². The number of nitrogens with one attached hydrogen (secondary N) is 1. The fraction of sp³-hybridized carbons (Fsp3) is 0.0909. The van der Waals surface area contributed by atoms with Crippen LogP contribution in [0.4, 0.5) is 4.39 Å². The molecule has 0 atom stereocenters. The van der Waals surface area contributed by atoms with Gasteiger partial charge in [0.25, 0.3) is 5.56 Å². The van der Waals surface area contributed by atoms with Gasteiger partial charge >= 0.3 is 5.97 Å². The van der Waals surface area contributed by atoms with E-state index in [1.165, 1.54) is 25.3 Å². The summed E-state index contributed by atoms with van der Waals surface area (Å²) in [4.78, 5) is 25.3. The maximum atomic E-state index is 13.3. The Kier molecular flexibility index (Phi) is 2.97. The van der Waals surface area contributed by atoms with Gasteiger partial charge in [-0.3, -0.25) is 4.79 Å². The van der Waals surface area contributed by atoms with Gasteiger partial charge in [-0.2, -0.15) is 0 Å². The number of H-pyrrole nitrogens is 1. The van der Waals surface area contributed by atoms with E-state index in [-0.39, 0.29) is 10.0 Å². The zero-order valence-corrected chi connectivity index (χ0v) is 10.3. The van der Waals surface area contributed by atoms with Gasteiger partial charge in [-0.1, -0.05) is 0 Å². The van der Waals surface area contributed by atoms with Crippen molar-refractivity contribution >= 4 is 32.8 Å². The molecule has 0 aliphatic carbocycles. The number of fused-ring (bicyclic) bond motifs is 1. The summed E-state index contributed by atoms with van der Waals surface area (Å²) in [5.74, 6) is -1.23. The zero-order valence-electron chi connectivity index (χ0n) is 8.71. The number of pyridine rings is 1. The van der Waals surface area contributed by atoms with Gasteiger partial charge in [-0.15, -0.1) is 0 Å². The lowest BCUT2D eigenvalue weighted by Crippen LogP contribution is -2.18. The number of halogens is 2. The number of carbonyl (C=O) groups excluding carboxylic acids is 1. The first-order valence-electron chi connectivity index (χ1n) is 4.63. The summed E-state index contributed by atoms with van der Waals surface area (Å²) in [6.07, 6.45) is 0. The lowest BCUT2D eigenvalue weighted by atomic mass is 10.1. The summed E-state index contributed by atoms with van der Waals surface area (Å²) in [6, 6.07) is 3.96. The molecule has 0 unspecified atom stereocenters. The number of ether oxygens (including phenoxy) is 1. The van der Waals surface area contributed by atoms with Crippen molar-refractivity contribution in [3.05, 3.63) is 44.4 Å². The summed E-state index contributed by atoms with van der Waals surface area (Å²) < 4.78 is 18.0. The molecule has 0 saturated carbocycles. The second-order valence-corrected chi connectivity index (χ2v) is 4.21. The van der Waals surface area contributed by atoms with Crippen molar-refractivity contribution < 1.29 is 13.9 Å². The number of hydrogen-bond acceptors (Lipinski definition) is 3. The molecule has 1 N–H and O–H groups in total. The van der Waals surface area contributed by atoms with Crippen LogP contribution in [0.1, 0.15) is 10.4 Å². The van der Waals surface area contributed by atoms with Crippen LogP contribution < -0.4 is 5.56 Å². The molecular formula is C11H7BrFNO3. The highest BCUT2D eigenvalue weighted by Crippen LogP contribution is 2.21. The van der Waals surface area contributed by atoms with Crippen molar-refractivity contribution in [2.45, 2.75) is 0 Å². The third-order valence-electron chi connectivity index (χ3n) is 2.29. The van der Waals surface area contributed by atoms with Gasteiger partial charge in [-0.05, 0) is 34.1 Å². The Bertz CT molecular complexity index is 666. The summed E-state index contributed by atoms with van der Waals surface area (Å²) in [5, 5.41) is 0.422. The van der Waals surface area contributed by atoms with Gasteiger partial charge < -0.3 is 9.72 Å². The number of carbonyl (C=O) groups is 1. The summed E-state index contributed by atoms with van der Waals surface area (Å²) in [7, 11) is 1.17. The van der Waals surface area contributed by atoms with Gasteiger partial charge in [0.05, 0.1) is 11.6 Å². The van der Waals surface area contributed by atoms with Crippen molar-refractivity contribution in [2.24, 2.45) is 0 Å². The fourth-order valence-corrected chi connectivity index (χ4v) is 1.81. The number of methoxy groups -OCH3 is 1. The standard InChI is InChI=1S/C11H7BrFNO3/c1-17-11(16)6-2-5-3-8(13)7(12)4-9(5)14-10(6)15/h2-4H,1H3,(H,14,15). The van der Waals surface area contributed by atoms with Crippen molar-refractivity contribution in [3.8, 4) is 0 Å². The van der Waals surface area contributed by atoms with Crippen LogP contribution >= 0.6 is 15.9 Å². The van der Waals surface area contributed by atoms with Crippen LogP contribution in [0.3, 0.4) is 0 Å². The van der Waals surface area contributed by atoms with Crippen LogP contribution in [-0.4, -0.2) is 18.1 Å². The summed E-state index contributed by atoms with van der Waals surface area (Å²) in [5.41, 5.74) is -0.277. The van der Waals surface area contributed by atoms with Crippen molar-refractivity contribution in [1.82, 2.24) is 4.98 Å².